The minimum Gasteiger partial charge on any atom is -0.292 e. The molecule has 2 aromatic rings. The van der Waals surface area contributed by atoms with E-state index in [1.54, 1.807) is 6.07 Å². The smallest absolute Gasteiger partial charge is 0.292 e. The molecule has 0 aliphatic heterocycles. The molecule has 0 aliphatic carbocycles. The second-order valence-corrected chi connectivity index (χ2v) is 3.58. The number of rotatable bonds is 3. The van der Waals surface area contributed by atoms with Crippen LogP contribution < -0.4 is 11.2 Å². The maximum Gasteiger partial charge on any atom is 0.327 e. The highest BCUT2D eigenvalue weighted by Crippen LogP contribution is 2.12. The van der Waals surface area contributed by atoms with E-state index >= 15 is 0 Å². The number of hydrogen-bond acceptors (Lipinski definition) is 5. The summed E-state index contributed by atoms with van der Waals surface area (Å²) in [5.41, 5.74) is -0.827. The fourth-order valence-electron chi connectivity index (χ4n) is 1.39. The van der Waals surface area contributed by atoms with Gasteiger partial charge in [0.25, 0.3) is 11.2 Å². The number of hydrogen-bond donors (Lipinski definition) is 2. The molecule has 8 heteroatoms. The Balaban J connectivity index is 2.32. The number of benzene rings is 1. The van der Waals surface area contributed by atoms with Crippen LogP contribution >= 0.6 is 0 Å². The van der Waals surface area contributed by atoms with E-state index in [9.17, 15) is 19.7 Å². The zero-order valence-electron chi connectivity index (χ0n) is 9.49. The molecule has 2 N–H and O–H groups in total. The Hall–Kier alpha value is -3.03. The summed E-state index contributed by atoms with van der Waals surface area (Å²) >= 11 is 0. The van der Waals surface area contributed by atoms with Crippen LogP contribution in [0.25, 0.3) is 0 Å². The summed E-state index contributed by atoms with van der Waals surface area (Å²) in [7, 11) is 0. The van der Waals surface area contributed by atoms with Gasteiger partial charge < -0.3 is 0 Å². The first-order valence-corrected chi connectivity index (χ1v) is 5.17. The van der Waals surface area contributed by atoms with Crippen LogP contribution in [-0.2, 0) is 0 Å². The lowest BCUT2D eigenvalue weighted by Crippen LogP contribution is -2.20. The molecule has 1 aromatic heterocycles. The lowest BCUT2D eigenvalue weighted by atomic mass is 10.2. The molecule has 0 unspecified atom stereocenters. The van der Waals surface area contributed by atoms with Gasteiger partial charge in [0.15, 0.2) is 0 Å². The van der Waals surface area contributed by atoms with Crippen LogP contribution in [0.15, 0.2) is 44.9 Å². The number of nitro benzene ring substituents is 1. The van der Waals surface area contributed by atoms with Gasteiger partial charge in [0.1, 0.15) is 5.82 Å². The van der Waals surface area contributed by atoms with E-state index in [4.69, 9.17) is 0 Å². The Morgan fingerprint density at radius 2 is 2.00 bits per heavy atom. The molecule has 19 heavy (non-hydrogen) atoms. The molecule has 0 saturated heterocycles. The van der Waals surface area contributed by atoms with Crippen molar-refractivity contribution in [2.75, 3.05) is 0 Å². The van der Waals surface area contributed by atoms with E-state index in [0.29, 0.717) is 5.56 Å². The van der Waals surface area contributed by atoms with E-state index in [0.717, 1.165) is 6.07 Å². The Kier molecular flexibility index (Phi) is 3.33. The first kappa shape index (κ1) is 12.4. The highest BCUT2D eigenvalue weighted by atomic mass is 16.6. The molecule has 1 heterocycles. The van der Waals surface area contributed by atoms with Crippen LogP contribution in [0.4, 0.5) is 11.5 Å². The van der Waals surface area contributed by atoms with Crippen LogP contribution in [0.5, 0.6) is 0 Å². The fourth-order valence-corrected chi connectivity index (χ4v) is 1.39. The molecule has 0 bridgehead atoms. The predicted octanol–water partition coefficient (Wildman–Crippen LogP) is 0.722. The molecule has 0 atom stereocenters. The third kappa shape index (κ3) is 3.22. The Bertz CT molecular complexity index is 731. The molecule has 0 fully saturated rings. The molecule has 2 rings (SSSR count). The third-order valence-corrected chi connectivity index (χ3v) is 2.18. The second-order valence-electron chi connectivity index (χ2n) is 3.58. The van der Waals surface area contributed by atoms with Crippen molar-refractivity contribution in [2.24, 2.45) is 4.99 Å². The molecule has 0 aliphatic rings. The predicted molar refractivity (Wildman–Crippen MR) is 68.0 cm³/mol. The number of aromatic amines is 2. The number of nitrogens with one attached hydrogen (secondary N) is 2. The van der Waals surface area contributed by atoms with Gasteiger partial charge in [0.05, 0.1) is 4.92 Å². The number of non-ortho nitro benzene ring substituents is 1. The fraction of sp³-hybridized carbons (Fsp3) is 0. The minimum atomic E-state index is -0.668. The average molecular weight is 260 g/mol. The molecular formula is C11H8N4O4. The zero-order valence-corrected chi connectivity index (χ0v) is 9.49. The summed E-state index contributed by atoms with van der Waals surface area (Å²) < 4.78 is 0. The normalized spacial score (nSPS) is 10.7. The zero-order chi connectivity index (χ0) is 13.8. The third-order valence-electron chi connectivity index (χ3n) is 2.18. The summed E-state index contributed by atoms with van der Waals surface area (Å²) in [4.78, 5) is 40.3. The van der Waals surface area contributed by atoms with Gasteiger partial charge in [-0.15, -0.1) is 0 Å². The first-order chi connectivity index (χ1) is 9.04. The Morgan fingerprint density at radius 3 is 2.68 bits per heavy atom. The quantitative estimate of drug-likeness (QED) is 0.479. The van der Waals surface area contributed by atoms with Crippen LogP contribution in [0, 0.1) is 10.1 Å². The summed E-state index contributed by atoms with van der Waals surface area (Å²) in [5, 5.41) is 10.6. The van der Waals surface area contributed by atoms with Crippen LogP contribution in [0.2, 0.25) is 0 Å². The number of nitro groups is 1. The van der Waals surface area contributed by atoms with Crippen molar-refractivity contribution >= 4 is 17.7 Å². The Labute approximate surface area is 105 Å². The van der Waals surface area contributed by atoms with Crippen molar-refractivity contribution in [3.05, 3.63) is 66.8 Å². The minimum absolute atomic E-state index is 0.0663. The van der Waals surface area contributed by atoms with Crippen molar-refractivity contribution in [3.8, 4) is 0 Å². The SMILES string of the molecule is O=c1cc(N=Cc2cccc([N+](=O)[O-])c2)[nH]c(=O)[nH]1. The lowest BCUT2D eigenvalue weighted by molar-refractivity contribution is -0.384. The molecule has 0 amide bonds. The van der Waals surface area contributed by atoms with Gasteiger partial charge in [-0.3, -0.25) is 24.9 Å². The van der Waals surface area contributed by atoms with Crippen molar-refractivity contribution in [1.82, 2.24) is 9.97 Å². The highest BCUT2D eigenvalue weighted by Gasteiger charge is 2.03. The van der Waals surface area contributed by atoms with Crippen LogP contribution in [-0.4, -0.2) is 21.1 Å². The van der Waals surface area contributed by atoms with Gasteiger partial charge in [-0.25, -0.2) is 9.79 Å². The van der Waals surface area contributed by atoms with Crippen LogP contribution in [0.1, 0.15) is 5.56 Å². The second kappa shape index (κ2) is 5.08. The van der Waals surface area contributed by atoms with Crippen LogP contribution in [0.3, 0.4) is 0 Å². The van der Waals surface area contributed by atoms with Crippen molar-refractivity contribution in [2.45, 2.75) is 0 Å². The summed E-state index contributed by atoms with van der Waals surface area (Å²) in [5.74, 6) is 0.0697. The van der Waals surface area contributed by atoms with Crippen molar-refractivity contribution in [1.29, 1.82) is 0 Å². The number of nitrogens with zero attached hydrogens (tertiary/aromatic N) is 2. The van der Waals surface area contributed by atoms with E-state index in [-0.39, 0.29) is 11.5 Å². The van der Waals surface area contributed by atoms with Gasteiger partial charge in [-0.2, -0.15) is 0 Å². The molecule has 1 aromatic carbocycles. The molecule has 96 valence electrons. The first-order valence-electron chi connectivity index (χ1n) is 5.17. The summed E-state index contributed by atoms with van der Waals surface area (Å²) in [6.45, 7) is 0. The van der Waals surface area contributed by atoms with Gasteiger partial charge in [-0.05, 0) is 5.56 Å². The summed E-state index contributed by atoms with van der Waals surface area (Å²) in [6, 6.07) is 6.91. The molecule has 0 spiro atoms. The summed E-state index contributed by atoms with van der Waals surface area (Å²) in [6.07, 6.45) is 1.32. The number of aliphatic imine (C=N–C) groups is 1. The standard InChI is InChI=1S/C11H8N4O4/c16-10-5-9(13-11(17)14-10)12-6-7-2-1-3-8(4-7)15(18)19/h1-6H,(H2,13,14,16,17). The van der Waals surface area contributed by atoms with Gasteiger partial charge >= 0.3 is 5.69 Å². The number of H-pyrrole nitrogens is 2. The molecular weight excluding hydrogens is 252 g/mol. The molecule has 0 radical (unpaired) electrons. The largest absolute Gasteiger partial charge is 0.327 e. The monoisotopic (exact) mass is 260 g/mol. The van der Waals surface area contributed by atoms with E-state index in [1.165, 1.54) is 24.4 Å². The maximum absolute atomic E-state index is 11.0. The maximum atomic E-state index is 11.0. The molecule has 0 saturated carbocycles. The van der Waals surface area contributed by atoms with Crippen molar-refractivity contribution < 1.29 is 4.92 Å². The average Bonchev–Trinajstić information content (AvgIpc) is 2.35. The topological polar surface area (TPSA) is 121 Å². The lowest BCUT2D eigenvalue weighted by Gasteiger charge is -1.94. The Morgan fingerprint density at radius 1 is 1.21 bits per heavy atom. The van der Waals surface area contributed by atoms with Gasteiger partial charge in [0, 0.05) is 24.4 Å². The highest BCUT2D eigenvalue weighted by molar-refractivity contribution is 5.82. The van der Waals surface area contributed by atoms with E-state index < -0.39 is 16.2 Å². The van der Waals surface area contributed by atoms with E-state index in [1.807, 2.05) is 4.98 Å². The van der Waals surface area contributed by atoms with E-state index in [2.05, 4.69) is 9.98 Å². The molecule has 8 nitrogen and oxygen atoms in total. The van der Waals surface area contributed by atoms with Gasteiger partial charge in [0.2, 0.25) is 0 Å². The van der Waals surface area contributed by atoms with Gasteiger partial charge in [-0.1, -0.05) is 12.1 Å². The van der Waals surface area contributed by atoms with Crippen molar-refractivity contribution in [3.63, 3.8) is 0 Å². The number of aromatic nitrogens is 2.